The zero-order valence-electron chi connectivity index (χ0n) is 7.76. The van der Waals surface area contributed by atoms with Crippen LogP contribution in [0.2, 0.25) is 0 Å². The molecule has 78 valence electrons. The molecular weight excluding hydrogens is 218 g/mol. The highest BCUT2D eigenvalue weighted by Crippen LogP contribution is 2.34. The molecule has 2 rings (SSSR count). The number of hydrogen-bond donors (Lipinski definition) is 1. The summed E-state index contributed by atoms with van der Waals surface area (Å²) in [6.45, 7) is 0. The molecule has 0 saturated heterocycles. The van der Waals surface area contributed by atoms with E-state index in [1.807, 2.05) is 0 Å². The first kappa shape index (κ1) is 9.66. The number of fused-ring (bicyclic) bond motifs is 1. The summed E-state index contributed by atoms with van der Waals surface area (Å²) in [6, 6.07) is 3.01. The molecule has 0 saturated carbocycles. The third-order valence-corrected chi connectivity index (χ3v) is 2.73. The number of non-ortho nitro benzene ring substituents is 1. The van der Waals surface area contributed by atoms with E-state index in [-0.39, 0.29) is 5.69 Å². The standard InChI is InChI=1S/C8H7N3O3S/c1-14-4-2-5(11(12)13)7-6(3-4)15-8(9)10-7/h2-3H,1H3,(H2,9,10). The molecule has 15 heavy (non-hydrogen) atoms. The van der Waals surface area contributed by atoms with Crippen LogP contribution in [-0.4, -0.2) is 17.0 Å². The highest BCUT2D eigenvalue weighted by Gasteiger charge is 2.17. The Kier molecular flexibility index (Phi) is 2.16. The number of thiazole rings is 1. The molecule has 1 aromatic heterocycles. The molecule has 1 aromatic carbocycles. The smallest absolute Gasteiger partial charge is 0.300 e. The molecule has 0 unspecified atom stereocenters. The van der Waals surface area contributed by atoms with Crippen molar-refractivity contribution in [3.05, 3.63) is 22.2 Å². The second-order valence-corrected chi connectivity index (χ2v) is 3.86. The third-order valence-electron chi connectivity index (χ3n) is 1.90. The third kappa shape index (κ3) is 1.57. The Bertz CT molecular complexity index is 537. The summed E-state index contributed by atoms with van der Waals surface area (Å²) >= 11 is 1.20. The molecule has 0 aliphatic rings. The number of rotatable bonds is 2. The summed E-state index contributed by atoms with van der Waals surface area (Å²) in [5, 5.41) is 11.1. The predicted molar refractivity (Wildman–Crippen MR) is 57.2 cm³/mol. The average molecular weight is 225 g/mol. The van der Waals surface area contributed by atoms with Gasteiger partial charge in [-0.3, -0.25) is 10.1 Å². The maximum atomic E-state index is 10.8. The molecule has 6 nitrogen and oxygen atoms in total. The molecule has 0 spiro atoms. The summed E-state index contributed by atoms with van der Waals surface area (Å²) in [6.07, 6.45) is 0. The fourth-order valence-corrected chi connectivity index (χ4v) is 2.05. The van der Waals surface area contributed by atoms with Gasteiger partial charge in [0.25, 0.3) is 5.69 Å². The van der Waals surface area contributed by atoms with Gasteiger partial charge in [-0.1, -0.05) is 11.3 Å². The lowest BCUT2D eigenvalue weighted by Crippen LogP contribution is -1.91. The molecular formula is C8H7N3O3S. The highest BCUT2D eigenvalue weighted by molar-refractivity contribution is 7.22. The summed E-state index contributed by atoms with van der Waals surface area (Å²) in [7, 11) is 1.45. The number of hydrogen-bond acceptors (Lipinski definition) is 6. The normalized spacial score (nSPS) is 10.5. The van der Waals surface area contributed by atoms with E-state index in [4.69, 9.17) is 10.5 Å². The Labute approximate surface area is 88.4 Å². The van der Waals surface area contributed by atoms with Crippen LogP contribution in [-0.2, 0) is 0 Å². The summed E-state index contributed by atoms with van der Waals surface area (Å²) in [4.78, 5) is 14.2. The van der Waals surface area contributed by atoms with Crippen molar-refractivity contribution in [2.45, 2.75) is 0 Å². The van der Waals surface area contributed by atoms with Crippen molar-refractivity contribution in [3.63, 3.8) is 0 Å². The minimum atomic E-state index is -0.496. The molecule has 0 aliphatic heterocycles. The molecule has 0 fully saturated rings. The molecule has 0 bridgehead atoms. The van der Waals surface area contributed by atoms with E-state index < -0.39 is 4.92 Å². The van der Waals surface area contributed by atoms with Gasteiger partial charge in [0.15, 0.2) is 10.6 Å². The van der Waals surface area contributed by atoms with E-state index in [2.05, 4.69) is 4.98 Å². The summed E-state index contributed by atoms with van der Waals surface area (Å²) in [5.41, 5.74) is 5.72. The fraction of sp³-hybridized carbons (Fsp3) is 0.125. The quantitative estimate of drug-likeness (QED) is 0.621. The molecule has 1 heterocycles. The Morgan fingerprint density at radius 1 is 1.60 bits per heavy atom. The predicted octanol–water partition coefficient (Wildman–Crippen LogP) is 1.80. The number of benzene rings is 1. The van der Waals surface area contributed by atoms with Crippen LogP contribution in [0.15, 0.2) is 12.1 Å². The van der Waals surface area contributed by atoms with Crippen molar-refractivity contribution in [1.29, 1.82) is 0 Å². The van der Waals surface area contributed by atoms with Gasteiger partial charge in [0.2, 0.25) is 0 Å². The molecule has 0 aliphatic carbocycles. The number of nitrogens with two attached hydrogens (primary N) is 1. The molecule has 2 N–H and O–H groups in total. The largest absolute Gasteiger partial charge is 0.496 e. The van der Waals surface area contributed by atoms with Crippen LogP contribution < -0.4 is 10.5 Å². The van der Waals surface area contributed by atoms with Crippen molar-refractivity contribution in [2.75, 3.05) is 12.8 Å². The zero-order valence-corrected chi connectivity index (χ0v) is 8.58. The van der Waals surface area contributed by atoms with Crippen molar-refractivity contribution >= 4 is 32.4 Å². The SMILES string of the molecule is COc1cc([N+](=O)[O-])c2nc(N)sc2c1. The second-order valence-electron chi connectivity index (χ2n) is 2.80. The zero-order chi connectivity index (χ0) is 11.0. The van der Waals surface area contributed by atoms with E-state index in [1.54, 1.807) is 6.07 Å². The minimum absolute atomic E-state index is 0.0858. The van der Waals surface area contributed by atoms with Crippen LogP contribution >= 0.6 is 11.3 Å². The first-order chi connectivity index (χ1) is 7.11. The van der Waals surface area contributed by atoms with E-state index in [1.165, 1.54) is 24.5 Å². The molecule has 0 atom stereocenters. The first-order valence-corrected chi connectivity index (χ1v) is 4.82. The van der Waals surface area contributed by atoms with Crippen LogP contribution in [0, 0.1) is 10.1 Å². The van der Waals surface area contributed by atoms with Gasteiger partial charge in [-0.25, -0.2) is 4.98 Å². The Morgan fingerprint density at radius 2 is 2.33 bits per heavy atom. The lowest BCUT2D eigenvalue weighted by Gasteiger charge is -1.99. The van der Waals surface area contributed by atoms with Crippen LogP contribution in [0.5, 0.6) is 5.75 Å². The molecule has 2 aromatic rings. The second kappa shape index (κ2) is 3.35. The topological polar surface area (TPSA) is 91.3 Å². The van der Waals surface area contributed by atoms with Gasteiger partial charge in [0, 0.05) is 6.07 Å². The van der Waals surface area contributed by atoms with Gasteiger partial charge in [-0.05, 0) is 0 Å². The number of ether oxygens (including phenoxy) is 1. The van der Waals surface area contributed by atoms with Crippen molar-refractivity contribution in [1.82, 2.24) is 4.98 Å². The van der Waals surface area contributed by atoms with Crippen LogP contribution in [0.25, 0.3) is 10.2 Å². The molecule has 0 radical (unpaired) electrons. The Hall–Kier alpha value is -1.89. The van der Waals surface area contributed by atoms with Gasteiger partial charge in [0.05, 0.1) is 22.8 Å². The minimum Gasteiger partial charge on any atom is -0.496 e. The highest BCUT2D eigenvalue weighted by atomic mass is 32.1. The van der Waals surface area contributed by atoms with Crippen molar-refractivity contribution < 1.29 is 9.66 Å². The van der Waals surface area contributed by atoms with Crippen LogP contribution in [0.4, 0.5) is 10.8 Å². The van der Waals surface area contributed by atoms with E-state index in [9.17, 15) is 10.1 Å². The number of nitrogens with zero attached hydrogens (tertiary/aromatic N) is 2. The summed E-state index contributed by atoms with van der Waals surface area (Å²) in [5.74, 6) is 0.429. The van der Waals surface area contributed by atoms with Crippen molar-refractivity contribution in [3.8, 4) is 5.75 Å². The van der Waals surface area contributed by atoms with Crippen molar-refractivity contribution in [2.24, 2.45) is 0 Å². The maximum Gasteiger partial charge on any atom is 0.300 e. The average Bonchev–Trinajstić information content (AvgIpc) is 2.55. The number of methoxy groups -OCH3 is 1. The Morgan fingerprint density at radius 3 is 2.93 bits per heavy atom. The van der Waals surface area contributed by atoms with Crippen LogP contribution in [0.3, 0.4) is 0 Å². The van der Waals surface area contributed by atoms with E-state index >= 15 is 0 Å². The van der Waals surface area contributed by atoms with Gasteiger partial charge < -0.3 is 10.5 Å². The number of nitro groups is 1. The maximum absolute atomic E-state index is 10.8. The van der Waals surface area contributed by atoms with Crippen LogP contribution in [0.1, 0.15) is 0 Å². The molecule has 0 amide bonds. The number of nitrogen functional groups attached to an aromatic ring is 1. The number of nitro benzene ring substituents is 1. The Balaban J connectivity index is 2.79. The van der Waals surface area contributed by atoms with E-state index in [0.29, 0.717) is 21.1 Å². The fourth-order valence-electron chi connectivity index (χ4n) is 1.26. The first-order valence-electron chi connectivity index (χ1n) is 4.00. The lowest BCUT2D eigenvalue weighted by molar-refractivity contribution is -0.383. The van der Waals surface area contributed by atoms with E-state index in [0.717, 1.165) is 0 Å². The number of anilines is 1. The van der Waals surface area contributed by atoms with Gasteiger partial charge in [-0.2, -0.15) is 0 Å². The lowest BCUT2D eigenvalue weighted by atomic mass is 10.3. The van der Waals surface area contributed by atoms with Gasteiger partial charge >= 0.3 is 0 Å². The summed E-state index contributed by atoms with van der Waals surface area (Å²) < 4.78 is 5.61. The van der Waals surface area contributed by atoms with Gasteiger partial charge in [-0.15, -0.1) is 0 Å². The monoisotopic (exact) mass is 225 g/mol. The van der Waals surface area contributed by atoms with Gasteiger partial charge in [0.1, 0.15) is 5.75 Å². The number of aromatic nitrogens is 1. The molecule has 7 heteroatoms.